The van der Waals surface area contributed by atoms with Gasteiger partial charge in [0.15, 0.2) is 5.82 Å². The Kier molecular flexibility index (Phi) is 2.60. The van der Waals surface area contributed by atoms with Crippen LogP contribution in [0.1, 0.15) is 31.0 Å². The Hall–Kier alpha value is -1.75. The lowest BCUT2D eigenvalue weighted by atomic mass is 10.0. The van der Waals surface area contributed by atoms with Gasteiger partial charge in [0.1, 0.15) is 0 Å². The van der Waals surface area contributed by atoms with E-state index in [1.165, 1.54) is 0 Å². The third-order valence-electron chi connectivity index (χ3n) is 3.27. The molecule has 3 rings (SSSR count). The number of nitrogens with two attached hydrogens (primary N) is 1. The highest BCUT2D eigenvalue weighted by atomic mass is 16.5. The number of hydrogen-bond acceptors (Lipinski definition) is 5. The van der Waals surface area contributed by atoms with Crippen molar-refractivity contribution in [1.29, 1.82) is 0 Å². The highest BCUT2D eigenvalue weighted by Crippen LogP contribution is 2.32. The molecule has 2 unspecified atom stereocenters. The standard InChI is InChI=1S/C12H14N4O/c13-10-3-1-2-9(10)11-15-12(17-16-11)8-4-6-14-7-5-8/h4-7,9-10H,1-3,13H2. The lowest BCUT2D eigenvalue weighted by Gasteiger charge is -2.09. The fraction of sp³-hybridized carbons (Fsp3) is 0.417. The van der Waals surface area contributed by atoms with Crippen LogP contribution in [0.2, 0.25) is 0 Å². The summed E-state index contributed by atoms with van der Waals surface area (Å²) in [6, 6.07) is 3.87. The zero-order valence-electron chi connectivity index (χ0n) is 9.41. The Morgan fingerprint density at radius 2 is 2.06 bits per heavy atom. The van der Waals surface area contributed by atoms with E-state index in [2.05, 4.69) is 15.1 Å². The van der Waals surface area contributed by atoms with E-state index in [0.717, 1.165) is 30.7 Å². The van der Waals surface area contributed by atoms with Gasteiger partial charge in [-0.25, -0.2) is 0 Å². The molecular weight excluding hydrogens is 216 g/mol. The summed E-state index contributed by atoms with van der Waals surface area (Å²) >= 11 is 0. The van der Waals surface area contributed by atoms with Crippen LogP contribution in [0, 0.1) is 0 Å². The topological polar surface area (TPSA) is 77.8 Å². The number of nitrogens with zero attached hydrogens (tertiary/aromatic N) is 3. The normalized spacial score (nSPS) is 24.1. The molecule has 2 N–H and O–H groups in total. The Morgan fingerprint density at radius 1 is 1.24 bits per heavy atom. The van der Waals surface area contributed by atoms with Crippen molar-refractivity contribution in [2.45, 2.75) is 31.2 Å². The highest BCUT2D eigenvalue weighted by molar-refractivity contribution is 5.51. The van der Waals surface area contributed by atoms with Crippen molar-refractivity contribution in [3.8, 4) is 11.5 Å². The fourth-order valence-electron chi connectivity index (χ4n) is 2.31. The minimum absolute atomic E-state index is 0.165. The first-order valence-electron chi connectivity index (χ1n) is 5.84. The summed E-state index contributed by atoms with van der Waals surface area (Å²) in [5.74, 6) is 1.53. The van der Waals surface area contributed by atoms with Crippen LogP contribution in [-0.4, -0.2) is 21.2 Å². The van der Waals surface area contributed by atoms with Crippen LogP contribution in [0.4, 0.5) is 0 Å². The number of aromatic nitrogens is 3. The molecule has 1 aliphatic carbocycles. The third kappa shape index (κ3) is 1.93. The van der Waals surface area contributed by atoms with Crippen molar-refractivity contribution in [2.75, 3.05) is 0 Å². The van der Waals surface area contributed by atoms with E-state index in [4.69, 9.17) is 10.3 Å². The molecule has 0 radical (unpaired) electrons. The number of rotatable bonds is 2. The molecule has 5 heteroatoms. The van der Waals surface area contributed by atoms with Crippen molar-refractivity contribution in [3.63, 3.8) is 0 Å². The van der Waals surface area contributed by atoms with Crippen LogP contribution in [-0.2, 0) is 0 Å². The van der Waals surface area contributed by atoms with Gasteiger partial charge in [0.25, 0.3) is 5.89 Å². The van der Waals surface area contributed by atoms with Gasteiger partial charge in [-0.3, -0.25) is 4.98 Å². The SMILES string of the molecule is NC1CCCC1c1noc(-c2ccncc2)n1. The summed E-state index contributed by atoms with van der Waals surface area (Å²) in [5.41, 5.74) is 6.92. The second-order valence-electron chi connectivity index (χ2n) is 4.39. The smallest absolute Gasteiger partial charge is 0.258 e. The van der Waals surface area contributed by atoms with Gasteiger partial charge in [-0.05, 0) is 25.0 Å². The predicted molar refractivity (Wildman–Crippen MR) is 62.1 cm³/mol. The van der Waals surface area contributed by atoms with Gasteiger partial charge < -0.3 is 10.3 Å². The molecule has 1 aliphatic rings. The zero-order chi connectivity index (χ0) is 11.7. The second-order valence-corrected chi connectivity index (χ2v) is 4.39. The molecular formula is C12H14N4O. The largest absolute Gasteiger partial charge is 0.334 e. The highest BCUT2D eigenvalue weighted by Gasteiger charge is 2.29. The van der Waals surface area contributed by atoms with Crippen LogP contribution in [0.3, 0.4) is 0 Å². The van der Waals surface area contributed by atoms with E-state index in [9.17, 15) is 0 Å². The predicted octanol–water partition coefficient (Wildman–Crippen LogP) is 1.73. The van der Waals surface area contributed by atoms with Gasteiger partial charge in [-0.1, -0.05) is 11.6 Å². The first-order chi connectivity index (χ1) is 8.34. The maximum atomic E-state index is 6.03. The summed E-state index contributed by atoms with van der Waals surface area (Å²) in [6.07, 6.45) is 6.66. The fourth-order valence-corrected chi connectivity index (χ4v) is 2.31. The molecule has 2 aromatic heterocycles. The van der Waals surface area contributed by atoms with E-state index in [-0.39, 0.29) is 12.0 Å². The average molecular weight is 230 g/mol. The van der Waals surface area contributed by atoms with Gasteiger partial charge in [0.2, 0.25) is 0 Å². The minimum atomic E-state index is 0.165. The average Bonchev–Trinajstić information content (AvgIpc) is 2.98. The van der Waals surface area contributed by atoms with E-state index in [1.54, 1.807) is 12.4 Å². The summed E-state index contributed by atoms with van der Waals surface area (Å²) in [6.45, 7) is 0. The van der Waals surface area contributed by atoms with Crippen molar-refractivity contribution in [2.24, 2.45) is 5.73 Å². The van der Waals surface area contributed by atoms with E-state index < -0.39 is 0 Å². The van der Waals surface area contributed by atoms with E-state index in [1.807, 2.05) is 12.1 Å². The summed E-state index contributed by atoms with van der Waals surface area (Å²) < 4.78 is 5.27. The molecule has 0 bridgehead atoms. The molecule has 88 valence electrons. The molecule has 2 heterocycles. The molecule has 17 heavy (non-hydrogen) atoms. The van der Waals surface area contributed by atoms with Crippen molar-refractivity contribution in [3.05, 3.63) is 30.4 Å². The Labute approximate surface area is 99.1 Å². The minimum Gasteiger partial charge on any atom is -0.334 e. The Balaban J connectivity index is 1.88. The van der Waals surface area contributed by atoms with E-state index in [0.29, 0.717) is 5.89 Å². The van der Waals surface area contributed by atoms with Gasteiger partial charge in [0.05, 0.1) is 0 Å². The lowest BCUT2D eigenvalue weighted by molar-refractivity contribution is 0.412. The van der Waals surface area contributed by atoms with Crippen LogP contribution in [0.15, 0.2) is 29.0 Å². The second kappa shape index (κ2) is 4.25. The molecule has 0 amide bonds. The van der Waals surface area contributed by atoms with Crippen molar-refractivity contribution < 1.29 is 4.52 Å². The van der Waals surface area contributed by atoms with E-state index >= 15 is 0 Å². The molecule has 0 aliphatic heterocycles. The number of hydrogen-bond donors (Lipinski definition) is 1. The zero-order valence-corrected chi connectivity index (χ0v) is 9.41. The molecule has 5 nitrogen and oxygen atoms in total. The first kappa shape index (κ1) is 10.4. The van der Waals surface area contributed by atoms with Crippen LogP contribution >= 0.6 is 0 Å². The molecule has 0 spiro atoms. The maximum absolute atomic E-state index is 6.03. The quantitative estimate of drug-likeness (QED) is 0.850. The molecule has 0 aromatic carbocycles. The summed E-state index contributed by atoms with van der Waals surface area (Å²) in [7, 11) is 0. The Morgan fingerprint density at radius 3 is 2.76 bits per heavy atom. The number of pyridine rings is 1. The molecule has 0 saturated heterocycles. The molecule has 2 atom stereocenters. The van der Waals surface area contributed by atoms with Gasteiger partial charge >= 0.3 is 0 Å². The van der Waals surface area contributed by atoms with Crippen LogP contribution in [0.25, 0.3) is 11.5 Å². The van der Waals surface area contributed by atoms with Crippen LogP contribution in [0.5, 0.6) is 0 Å². The summed E-state index contributed by atoms with van der Waals surface area (Å²) in [4.78, 5) is 8.38. The molecule has 1 saturated carbocycles. The van der Waals surface area contributed by atoms with Gasteiger partial charge in [-0.2, -0.15) is 4.98 Å². The third-order valence-corrected chi connectivity index (χ3v) is 3.27. The van der Waals surface area contributed by atoms with Crippen molar-refractivity contribution >= 4 is 0 Å². The van der Waals surface area contributed by atoms with Gasteiger partial charge in [-0.15, -0.1) is 0 Å². The van der Waals surface area contributed by atoms with Gasteiger partial charge in [0, 0.05) is 29.9 Å². The Bertz CT molecular complexity index is 496. The van der Waals surface area contributed by atoms with Crippen molar-refractivity contribution in [1.82, 2.24) is 15.1 Å². The summed E-state index contributed by atoms with van der Waals surface area (Å²) in [5, 5.41) is 4.04. The first-order valence-corrected chi connectivity index (χ1v) is 5.84. The monoisotopic (exact) mass is 230 g/mol. The maximum Gasteiger partial charge on any atom is 0.258 e. The lowest BCUT2D eigenvalue weighted by Crippen LogP contribution is -2.23. The molecule has 1 fully saturated rings. The van der Waals surface area contributed by atoms with Crippen LogP contribution < -0.4 is 5.73 Å². The molecule has 2 aromatic rings.